The molecule has 0 aromatic rings. The molecular formula is C14H24N2O3. The number of carbonyl (C=O) groups excluding carboxylic acids is 2. The second kappa shape index (κ2) is 4.39. The van der Waals surface area contributed by atoms with Gasteiger partial charge in [-0.25, -0.2) is 4.79 Å². The summed E-state index contributed by atoms with van der Waals surface area (Å²) >= 11 is 0. The van der Waals surface area contributed by atoms with Crippen LogP contribution in [0.4, 0.5) is 4.79 Å². The molecule has 19 heavy (non-hydrogen) atoms. The van der Waals surface area contributed by atoms with E-state index in [0.29, 0.717) is 25.6 Å². The van der Waals surface area contributed by atoms with Crippen LogP contribution in [-0.2, 0) is 9.53 Å². The number of amides is 2. The Kier molecular flexibility index (Phi) is 3.27. The summed E-state index contributed by atoms with van der Waals surface area (Å²) in [6.45, 7) is 11.4. The molecule has 0 spiro atoms. The van der Waals surface area contributed by atoms with E-state index in [1.807, 2.05) is 34.6 Å². The van der Waals surface area contributed by atoms with Crippen LogP contribution in [0, 0.1) is 17.3 Å². The smallest absolute Gasteiger partial charge is 0.410 e. The number of likely N-dealkylation sites (tertiary alicyclic amines) is 1. The van der Waals surface area contributed by atoms with Crippen molar-refractivity contribution in [2.24, 2.45) is 17.3 Å². The number of nitrogens with one attached hydrogen (secondary N) is 1. The van der Waals surface area contributed by atoms with Crippen LogP contribution >= 0.6 is 0 Å². The highest BCUT2D eigenvalue weighted by Gasteiger charge is 2.50. The standard InChI is InChI=1S/C14H24N2O3/c1-13(2,3)19-12(18)16-7-9-6-15-11(17)14(4,5)10(9)8-16/h9-10H,6-8H2,1-5H3,(H,15,17)/t9-,10+/m0/s1. The molecule has 0 radical (unpaired) electrons. The average Bonchev–Trinajstić information content (AvgIpc) is 2.67. The predicted octanol–water partition coefficient (Wildman–Crippen LogP) is 1.63. The summed E-state index contributed by atoms with van der Waals surface area (Å²) in [6, 6.07) is 0. The molecule has 2 atom stereocenters. The molecule has 0 unspecified atom stereocenters. The van der Waals surface area contributed by atoms with Crippen molar-refractivity contribution in [2.75, 3.05) is 19.6 Å². The van der Waals surface area contributed by atoms with Gasteiger partial charge in [0.25, 0.3) is 0 Å². The Morgan fingerprint density at radius 2 is 2.00 bits per heavy atom. The summed E-state index contributed by atoms with van der Waals surface area (Å²) in [7, 11) is 0. The van der Waals surface area contributed by atoms with Crippen LogP contribution in [-0.4, -0.2) is 42.1 Å². The zero-order valence-electron chi connectivity index (χ0n) is 12.4. The number of rotatable bonds is 0. The molecule has 0 bridgehead atoms. The topological polar surface area (TPSA) is 58.6 Å². The number of fused-ring (bicyclic) bond motifs is 1. The lowest BCUT2D eigenvalue weighted by molar-refractivity contribution is -0.136. The van der Waals surface area contributed by atoms with Crippen molar-refractivity contribution in [1.29, 1.82) is 0 Å². The Hall–Kier alpha value is -1.26. The summed E-state index contributed by atoms with van der Waals surface area (Å²) in [5, 5.41) is 2.93. The molecule has 5 heteroatoms. The number of nitrogens with zero attached hydrogens (tertiary/aromatic N) is 1. The van der Waals surface area contributed by atoms with Gasteiger partial charge < -0.3 is 15.0 Å². The van der Waals surface area contributed by atoms with E-state index >= 15 is 0 Å². The quantitative estimate of drug-likeness (QED) is 0.726. The fourth-order valence-corrected chi connectivity index (χ4v) is 2.99. The van der Waals surface area contributed by atoms with Crippen molar-refractivity contribution in [1.82, 2.24) is 10.2 Å². The van der Waals surface area contributed by atoms with Gasteiger partial charge in [-0.05, 0) is 32.6 Å². The fourth-order valence-electron chi connectivity index (χ4n) is 2.99. The summed E-state index contributed by atoms with van der Waals surface area (Å²) in [5.74, 6) is 0.633. The highest BCUT2D eigenvalue weighted by molar-refractivity contribution is 5.83. The maximum atomic E-state index is 12.1. The molecule has 5 nitrogen and oxygen atoms in total. The van der Waals surface area contributed by atoms with Crippen LogP contribution in [0.3, 0.4) is 0 Å². The number of hydrogen-bond acceptors (Lipinski definition) is 3. The monoisotopic (exact) mass is 268 g/mol. The number of piperidine rings is 1. The second-order valence-electron chi connectivity index (χ2n) is 7.18. The predicted molar refractivity (Wildman–Crippen MR) is 71.6 cm³/mol. The van der Waals surface area contributed by atoms with Crippen molar-refractivity contribution in [3.05, 3.63) is 0 Å². The Balaban J connectivity index is 2.07. The molecule has 2 rings (SSSR count). The van der Waals surface area contributed by atoms with Crippen molar-refractivity contribution in [3.63, 3.8) is 0 Å². The van der Waals surface area contributed by atoms with Gasteiger partial charge in [0.05, 0.1) is 0 Å². The van der Waals surface area contributed by atoms with Crippen LogP contribution in [0.5, 0.6) is 0 Å². The van der Waals surface area contributed by atoms with Crippen molar-refractivity contribution >= 4 is 12.0 Å². The molecule has 2 amide bonds. The van der Waals surface area contributed by atoms with Crippen molar-refractivity contribution in [2.45, 2.75) is 40.2 Å². The van der Waals surface area contributed by atoms with Crippen LogP contribution < -0.4 is 5.32 Å². The Labute approximate surface area is 114 Å². The zero-order chi connectivity index (χ0) is 14.4. The first kappa shape index (κ1) is 14.2. The number of carbonyl (C=O) groups is 2. The van der Waals surface area contributed by atoms with Gasteiger partial charge in [-0.3, -0.25) is 4.79 Å². The van der Waals surface area contributed by atoms with Crippen LogP contribution in [0.1, 0.15) is 34.6 Å². The lowest BCUT2D eigenvalue weighted by atomic mass is 9.70. The Morgan fingerprint density at radius 3 is 2.58 bits per heavy atom. The van der Waals surface area contributed by atoms with Gasteiger partial charge >= 0.3 is 6.09 Å². The van der Waals surface area contributed by atoms with E-state index in [-0.39, 0.29) is 17.9 Å². The first-order chi connectivity index (χ1) is 8.61. The van der Waals surface area contributed by atoms with Gasteiger partial charge in [-0.2, -0.15) is 0 Å². The molecule has 0 saturated carbocycles. The maximum absolute atomic E-state index is 12.1. The molecular weight excluding hydrogens is 244 g/mol. The third-order valence-corrected chi connectivity index (χ3v) is 4.13. The third-order valence-electron chi connectivity index (χ3n) is 4.13. The maximum Gasteiger partial charge on any atom is 0.410 e. The lowest BCUT2D eigenvalue weighted by Crippen LogP contribution is -2.52. The highest BCUT2D eigenvalue weighted by atomic mass is 16.6. The third kappa shape index (κ3) is 2.69. The molecule has 1 N–H and O–H groups in total. The normalized spacial score (nSPS) is 29.7. The molecule has 2 aliphatic rings. The molecule has 2 heterocycles. The molecule has 2 saturated heterocycles. The molecule has 0 aromatic heterocycles. The Morgan fingerprint density at radius 1 is 1.37 bits per heavy atom. The summed E-state index contributed by atoms with van der Waals surface area (Å²) in [5.41, 5.74) is -0.895. The van der Waals surface area contributed by atoms with Gasteiger partial charge in [0, 0.05) is 25.0 Å². The molecule has 2 aliphatic heterocycles. The van der Waals surface area contributed by atoms with E-state index < -0.39 is 11.0 Å². The van der Waals surface area contributed by atoms with E-state index in [2.05, 4.69) is 5.32 Å². The minimum Gasteiger partial charge on any atom is -0.444 e. The fraction of sp³-hybridized carbons (Fsp3) is 0.857. The first-order valence-corrected chi connectivity index (χ1v) is 6.87. The van der Waals surface area contributed by atoms with Crippen LogP contribution in [0.2, 0.25) is 0 Å². The van der Waals surface area contributed by atoms with E-state index in [1.165, 1.54) is 0 Å². The van der Waals surface area contributed by atoms with Gasteiger partial charge in [0.15, 0.2) is 0 Å². The Bertz CT molecular complexity index is 398. The van der Waals surface area contributed by atoms with Gasteiger partial charge in [0.1, 0.15) is 5.60 Å². The number of hydrogen-bond donors (Lipinski definition) is 1. The van der Waals surface area contributed by atoms with E-state index in [0.717, 1.165) is 0 Å². The summed E-state index contributed by atoms with van der Waals surface area (Å²) in [6.07, 6.45) is -0.273. The number of ether oxygens (including phenoxy) is 1. The lowest BCUT2D eigenvalue weighted by Gasteiger charge is -2.38. The first-order valence-electron chi connectivity index (χ1n) is 6.87. The largest absolute Gasteiger partial charge is 0.444 e. The van der Waals surface area contributed by atoms with Gasteiger partial charge in [-0.1, -0.05) is 13.8 Å². The van der Waals surface area contributed by atoms with Crippen molar-refractivity contribution < 1.29 is 14.3 Å². The molecule has 2 fully saturated rings. The molecule has 108 valence electrons. The SMILES string of the molecule is CC(C)(C)OC(=O)N1C[C@@H]2CNC(=O)C(C)(C)[C@@H]2C1. The van der Waals surface area contributed by atoms with Gasteiger partial charge in [0.2, 0.25) is 5.91 Å². The summed E-state index contributed by atoms with van der Waals surface area (Å²) < 4.78 is 5.40. The molecule has 0 aromatic carbocycles. The minimum atomic E-state index is -0.478. The van der Waals surface area contributed by atoms with Gasteiger partial charge in [-0.15, -0.1) is 0 Å². The average molecular weight is 268 g/mol. The highest BCUT2D eigenvalue weighted by Crippen LogP contribution is 2.41. The van der Waals surface area contributed by atoms with Crippen LogP contribution in [0.25, 0.3) is 0 Å². The minimum absolute atomic E-state index is 0.0831. The summed E-state index contributed by atoms with van der Waals surface area (Å²) in [4.78, 5) is 25.8. The van der Waals surface area contributed by atoms with E-state index in [9.17, 15) is 9.59 Å². The molecule has 0 aliphatic carbocycles. The van der Waals surface area contributed by atoms with E-state index in [1.54, 1.807) is 4.90 Å². The van der Waals surface area contributed by atoms with Crippen molar-refractivity contribution in [3.8, 4) is 0 Å². The van der Waals surface area contributed by atoms with Crippen LogP contribution in [0.15, 0.2) is 0 Å². The van der Waals surface area contributed by atoms with E-state index in [4.69, 9.17) is 4.74 Å². The zero-order valence-corrected chi connectivity index (χ0v) is 12.4. The second-order valence-corrected chi connectivity index (χ2v) is 7.18.